The van der Waals surface area contributed by atoms with E-state index >= 15 is 0 Å². The van der Waals surface area contributed by atoms with Crippen molar-refractivity contribution in [3.05, 3.63) is 87.4 Å². The van der Waals surface area contributed by atoms with E-state index < -0.39 is 0 Å². The molecule has 6 heteroatoms. The lowest BCUT2D eigenvalue weighted by molar-refractivity contribution is 0.103. The third-order valence-electron chi connectivity index (χ3n) is 6.03. The lowest BCUT2D eigenvalue weighted by Gasteiger charge is -2.28. The van der Waals surface area contributed by atoms with Crippen LogP contribution < -0.4 is 11.1 Å². The molecular weight excluding hydrogens is 416 g/mol. The molecule has 2 aromatic heterocycles. The number of aryl methyl sites for hydroxylation is 2. The first kappa shape index (κ1) is 20.7. The van der Waals surface area contributed by atoms with Crippen LogP contribution in [0.15, 0.2) is 54.6 Å². The number of nitrogens with two attached hydrogens (primary N) is 1. The highest BCUT2D eigenvalue weighted by Gasteiger charge is 2.23. The standard InChI is InChI=1S/C26H26N4OS/c1-16-8-9-21(17(2)12-16)28-25(31)24-23(27)20-13-19-15-30(14-18-6-4-3-5-7-18)11-10-22(19)29-26(20)32-24/h3-9,12-13H,10-11,14-15,27H2,1-2H3,(H,28,31). The fourth-order valence-corrected chi connectivity index (χ4v) is 5.33. The van der Waals surface area contributed by atoms with Crippen LogP contribution in [0.5, 0.6) is 0 Å². The third-order valence-corrected chi connectivity index (χ3v) is 7.15. The molecule has 0 fully saturated rings. The summed E-state index contributed by atoms with van der Waals surface area (Å²) in [7, 11) is 0. The maximum atomic E-state index is 13.0. The van der Waals surface area contributed by atoms with E-state index in [1.165, 1.54) is 22.5 Å². The zero-order valence-corrected chi connectivity index (χ0v) is 19.1. The van der Waals surface area contributed by atoms with Crippen LogP contribution in [0.2, 0.25) is 0 Å². The molecule has 0 spiro atoms. The number of fused-ring (bicyclic) bond motifs is 2. The molecule has 162 valence electrons. The Morgan fingerprint density at radius 3 is 2.75 bits per heavy atom. The Bertz CT molecular complexity index is 1310. The molecule has 3 N–H and O–H groups in total. The highest BCUT2D eigenvalue weighted by molar-refractivity contribution is 7.21. The minimum absolute atomic E-state index is 0.180. The quantitative estimate of drug-likeness (QED) is 0.450. The van der Waals surface area contributed by atoms with Crippen molar-refractivity contribution in [3.63, 3.8) is 0 Å². The average molecular weight is 443 g/mol. The molecular formula is C26H26N4OS. The molecule has 1 aliphatic heterocycles. The number of aromatic nitrogens is 1. The molecule has 0 saturated carbocycles. The summed E-state index contributed by atoms with van der Waals surface area (Å²) in [6.45, 7) is 6.76. The number of carbonyl (C=O) groups excluding carboxylic acids is 1. The van der Waals surface area contributed by atoms with Gasteiger partial charge in [0.2, 0.25) is 0 Å². The molecule has 0 unspecified atom stereocenters. The first-order valence-electron chi connectivity index (χ1n) is 10.8. The Morgan fingerprint density at radius 1 is 1.16 bits per heavy atom. The van der Waals surface area contributed by atoms with E-state index in [4.69, 9.17) is 10.7 Å². The molecule has 2 aromatic carbocycles. The Hall–Kier alpha value is -3.22. The van der Waals surface area contributed by atoms with Gasteiger partial charge >= 0.3 is 0 Å². The van der Waals surface area contributed by atoms with Crippen LogP contribution in [0.3, 0.4) is 0 Å². The van der Waals surface area contributed by atoms with Crippen molar-refractivity contribution in [2.24, 2.45) is 0 Å². The zero-order valence-electron chi connectivity index (χ0n) is 18.3. The largest absolute Gasteiger partial charge is 0.397 e. The van der Waals surface area contributed by atoms with Crippen molar-refractivity contribution < 1.29 is 4.79 Å². The van der Waals surface area contributed by atoms with Crippen molar-refractivity contribution in [1.29, 1.82) is 0 Å². The molecule has 0 radical (unpaired) electrons. The van der Waals surface area contributed by atoms with Gasteiger partial charge in [-0.15, -0.1) is 11.3 Å². The lowest BCUT2D eigenvalue weighted by Crippen LogP contribution is -2.30. The number of nitrogens with one attached hydrogen (secondary N) is 1. The van der Waals surface area contributed by atoms with Crippen LogP contribution in [-0.4, -0.2) is 22.3 Å². The number of amides is 1. The van der Waals surface area contributed by atoms with Gasteiger partial charge in [0.15, 0.2) is 0 Å². The van der Waals surface area contributed by atoms with Crippen LogP contribution >= 0.6 is 11.3 Å². The first-order chi connectivity index (χ1) is 15.5. The number of nitrogen functional groups attached to an aromatic ring is 1. The highest BCUT2D eigenvalue weighted by atomic mass is 32.1. The van der Waals surface area contributed by atoms with E-state index in [1.54, 1.807) is 0 Å². The van der Waals surface area contributed by atoms with Crippen LogP contribution in [0, 0.1) is 13.8 Å². The van der Waals surface area contributed by atoms with E-state index in [2.05, 4.69) is 46.6 Å². The SMILES string of the molecule is Cc1ccc(NC(=O)c2sc3nc4c(cc3c2N)CN(Cc2ccccc2)CC4)c(C)c1. The fraction of sp³-hybridized carbons (Fsp3) is 0.231. The number of benzene rings is 2. The molecule has 32 heavy (non-hydrogen) atoms. The van der Waals surface area contributed by atoms with E-state index in [9.17, 15) is 4.79 Å². The van der Waals surface area contributed by atoms with Crippen LogP contribution in [0.1, 0.15) is 37.6 Å². The number of hydrogen-bond acceptors (Lipinski definition) is 5. The van der Waals surface area contributed by atoms with Gasteiger partial charge in [-0.1, -0.05) is 48.0 Å². The maximum Gasteiger partial charge on any atom is 0.267 e. The van der Waals surface area contributed by atoms with E-state index in [1.807, 2.05) is 32.0 Å². The summed E-state index contributed by atoms with van der Waals surface area (Å²) in [5, 5.41) is 3.89. The van der Waals surface area contributed by atoms with Crippen LogP contribution in [0.25, 0.3) is 10.2 Å². The van der Waals surface area contributed by atoms with Crippen molar-refractivity contribution in [3.8, 4) is 0 Å². The van der Waals surface area contributed by atoms with Crippen molar-refractivity contribution in [2.45, 2.75) is 33.4 Å². The molecule has 4 aromatic rings. The van der Waals surface area contributed by atoms with Gasteiger partial charge < -0.3 is 11.1 Å². The smallest absolute Gasteiger partial charge is 0.267 e. The summed E-state index contributed by atoms with van der Waals surface area (Å²) in [6, 6.07) is 18.6. The number of pyridine rings is 1. The molecule has 5 rings (SSSR count). The predicted octanol–water partition coefficient (Wildman–Crippen LogP) is 5.31. The molecule has 5 nitrogen and oxygen atoms in total. The van der Waals surface area contributed by atoms with Gasteiger partial charge in [0.25, 0.3) is 5.91 Å². The topological polar surface area (TPSA) is 71.2 Å². The summed E-state index contributed by atoms with van der Waals surface area (Å²) in [5.41, 5.74) is 13.6. The van der Waals surface area contributed by atoms with Crippen LogP contribution in [0.4, 0.5) is 11.4 Å². The van der Waals surface area contributed by atoms with Gasteiger partial charge in [0, 0.05) is 42.8 Å². The Balaban J connectivity index is 1.40. The van der Waals surface area contributed by atoms with Gasteiger partial charge in [-0.2, -0.15) is 0 Å². The Labute approximate surface area is 191 Å². The summed E-state index contributed by atoms with van der Waals surface area (Å²) >= 11 is 1.37. The third kappa shape index (κ3) is 3.99. The lowest BCUT2D eigenvalue weighted by atomic mass is 10.0. The Morgan fingerprint density at radius 2 is 1.97 bits per heavy atom. The maximum absolute atomic E-state index is 13.0. The first-order valence-corrected chi connectivity index (χ1v) is 11.7. The monoisotopic (exact) mass is 442 g/mol. The van der Waals surface area contributed by atoms with Crippen LogP contribution in [-0.2, 0) is 19.5 Å². The van der Waals surface area contributed by atoms with E-state index in [0.717, 1.165) is 58.8 Å². The van der Waals surface area contributed by atoms with Gasteiger partial charge in [-0.3, -0.25) is 9.69 Å². The van der Waals surface area contributed by atoms with E-state index in [0.29, 0.717) is 10.6 Å². The second-order valence-electron chi connectivity index (χ2n) is 8.51. The number of rotatable bonds is 4. The summed E-state index contributed by atoms with van der Waals surface area (Å²) in [6.07, 6.45) is 0.903. The second-order valence-corrected chi connectivity index (χ2v) is 9.51. The molecule has 3 heterocycles. The molecule has 0 bridgehead atoms. The van der Waals surface area contributed by atoms with Gasteiger partial charge in [0.1, 0.15) is 9.71 Å². The normalized spacial score (nSPS) is 13.8. The zero-order chi connectivity index (χ0) is 22.2. The van der Waals surface area contributed by atoms with Gasteiger partial charge in [-0.25, -0.2) is 4.98 Å². The minimum Gasteiger partial charge on any atom is -0.397 e. The van der Waals surface area contributed by atoms with Crippen molar-refractivity contribution in [1.82, 2.24) is 9.88 Å². The molecule has 0 aliphatic carbocycles. The minimum atomic E-state index is -0.180. The fourth-order valence-electron chi connectivity index (χ4n) is 4.33. The summed E-state index contributed by atoms with van der Waals surface area (Å²) < 4.78 is 0. The summed E-state index contributed by atoms with van der Waals surface area (Å²) in [5.74, 6) is -0.180. The molecule has 1 aliphatic rings. The average Bonchev–Trinajstić information content (AvgIpc) is 3.10. The van der Waals surface area contributed by atoms with Crippen molar-refractivity contribution >= 4 is 38.8 Å². The molecule has 0 saturated heterocycles. The predicted molar refractivity (Wildman–Crippen MR) is 132 cm³/mol. The number of nitrogens with zero attached hydrogens (tertiary/aromatic N) is 2. The Kier molecular flexibility index (Phi) is 5.41. The number of anilines is 2. The summed E-state index contributed by atoms with van der Waals surface area (Å²) in [4.78, 5) is 21.7. The molecule has 1 amide bonds. The van der Waals surface area contributed by atoms with E-state index in [-0.39, 0.29) is 5.91 Å². The van der Waals surface area contributed by atoms with Gasteiger partial charge in [0.05, 0.1) is 5.69 Å². The number of carbonyl (C=O) groups is 1. The second kappa shape index (κ2) is 8.37. The highest BCUT2D eigenvalue weighted by Crippen LogP contribution is 2.36. The van der Waals surface area contributed by atoms with Gasteiger partial charge in [-0.05, 0) is 42.7 Å². The number of hydrogen-bond donors (Lipinski definition) is 2. The molecule has 0 atom stereocenters. The number of thiophene rings is 1. The van der Waals surface area contributed by atoms with Crippen molar-refractivity contribution in [2.75, 3.05) is 17.6 Å².